The molecule has 108 valence electrons. The van der Waals surface area contributed by atoms with Gasteiger partial charge >= 0.3 is 0 Å². The monoisotopic (exact) mass is 275 g/mol. The van der Waals surface area contributed by atoms with Crippen LogP contribution in [0.4, 0.5) is 0 Å². The summed E-state index contributed by atoms with van der Waals surface area (Å²) in [6, 6.07) is 6.78. The highest BCUT2D eigenvalue weighted by molar-refractivity contribution is 5.95. The average molecular weight is 275 g/mol. The largest absolute Gasteiger partial charge is 0.508 e. The molecule has 1 amide bonds. The van der Waals surface area contributed by atoms with E-state index in [1.54, 1.807) is 24.3 Å². The van der Waals surface area contributed by atoms with Gasteiger partial charge in [0.15, 0.2) is 0 Å². The van der Waals surface area contributed by atoms with Gasteiger partial charge in [0.05, 0.1) is 5.41 Å². The summed E-state index contributed by atoms with van der Waals surface area (Å²) in [7, 11) is 0. The molecule has 1 aliphatic rings. The van der Waals surface area contributed by atoms with Crippen molar-refractivity contribution in [1.29, 1.82) is 0 Å². The predicted octanol–water partition coefficient (Wildman–Crippen LogP) is 2.25. The molecule has 4 heteroatoms. The Labute approximate surface area is 119 Å². The normalized spacial score (nSPS) is 22.6. The first-order valence-electron chi connectivity index (χ1n) is 6.97. The molecule has 1 atom stereocenters. The van der Waals surface area contributed by atoms with Crippen molar-refractivity contribution in [2.24, 2.45) is 0 Å². The Kier molecular flexibility index (Phi) is 3.84. The van der Waals surface area contributed by atoms with E-state index in [-0.39, 0.29) is 29.9 Å². The fourth-order valence-corrected chi connectivity index (χ4v) is 3.03. The molecule has 0 bridgehead atoms. The van der Waals surface area contributed by atoms with Gasteiger partial charge in [-0.1, -0.05) is 12.1 Å². The summed E-state index contributed by atoms with van der Waals surface area (Å²) >= 11 is 0. The van der Waals surface area contributed by atoms with Gasteiger partial charge in [0.2, 0.25) is 5.91 Å². The van der Waals surface area contributed by atoms with Gasteiger partial charge < -0.3 is 10.0 Å². The van der Waals surface area contributed by atoms with Crippen molar-refractivity contribution >= 4 is 11.7 Å². The van der Waals surface area contributed by atoms with E-state index in [1.807, 2.05) is 18.7 Å². The van der Waals surface area contributed by atoms with E-state index in [0.717, 1.165) is 5.56 Å². The van der Waals surface area contributed by atoms with Crippen LogP contribution in [-0.2, 0) is 15.0 Å². The van der Waals surface area contributed by atoms with Crippen LogP contribution in [0, 0.1) is 0 Å². The summed E-state index contributed by atoms with van der Waals surface area (Å²) in [4.78, 5) is 26.3. The third-order valence-electron chi connectivity index (χ3n) is 4.04. The molecule has 0 saturated carbocycles. The fraction of sp³-hybridized carbons (Fsp3) is 0.500. The zero-order chi connectivity index (χ0) is 14.9. The molecule has 20 heavy (non-hydrogen) atoms. The first kappa shape index (κ1) is 14.6. The Morgan fingerprint density at radius 2 is 1.95 bits per heavy atom. The molecule has 1 fully saturated rings. The van der Waals surface area contributed by atoms with Crippen LogP contribution in [0.15, 0.2) is 24.3 Å². The number of ketones is 1. The third kappa shape index (κ3) is 2.42. The Hall–Kier alpha value is -1.84. The second kappa shape index (κ2) is 5.27. The average Bonchev–Trinajstić information content (AvgIpc) is 2.68. The molecule has 1 aliphatic heterocycles. The minimum atomic E-state index is -0.760. The lowest BCUT2D eigenvalue weighted by Crippen LogP contribution is -2.41. The number of benzene rings is 1. The Morgan fingerprint density at radius 3 is 2.40 bits per heavy atom. The lowest BCUT2D eigenvalue weighted by atomic mass is 9.75. The van der Waals surface area contributed by atoms with Crippen molar-refractivity contribution in [3.05, 3.63) is 29.8 Å². The van der Waals surface area contributed by atoms with Crippen LogP contribution in [0.5, 0.6) is 5.75 Å². The van der Waals surface area contributed by atoms with Gasteiger partial charge in [0.1, 0.15) is 11.5 Å². The summed E-state index contributed by atoms with van der Waals surface area (Å²) in [6.07, 6.45) is 0.869. The number of amides is 1. The molecule has 0 spiro atoms. The molecule has 2 rings (SSSR count). The SMILES string of the molecule is CC(=O)CC1(c2ccc(O)cc2)CCN(C(C)C)C1=O. The third-order valence-corrected chi connectivity index (χ3v) is 4.04. The van der Waals surface area contributed by atoms with Gasteiger partial charge in [-0.2, -0.15) is 0 Å². The smallest absolute Gasteiger partial charge is 0.233 e. The zero-order valence-electron chi connectivity index (χ0n) is 12.2. The molecule has 1 aromatic carbocycles. The van der Waals surface area contributed by atoms with E-state index in [0.29, 0.717) is 13.0 Å². The Morgan fingerprint density at radius 1 is 1.35 bits per heavy atom. The summed E-state index contributed by atoms with van der Waals surface area (Å²) in [5.41, 5.74) is 0.0581. The number of nitrogens with zero attached hydrogens (tertiary/aromatic N) is 1. The van der Waals surface area contributed by atoms with E-state index in [2.05, 4.69) is 0 Å². The number of carbonyl (C=O) groups is 2. The van der Waals surface area contributed by atoms with E-state index in [1.165, 1.54) is 6.92 Å². The van der Waals surface area contributed by atoms with Crippen LogP contribution in [-0.4, -0.2) is 34.3 Å². The van der Waals surface area contributed by atoms with Crippen LogP contribution < -0.4 is 0 Å². The Bertz CT molecular complexity index is 521. The van der Waals surface area contributed by atoms with E-state index >= 15 is 0 Å². The number of hydrogen-bond donors (Lipinski definition) is 1. The minimum Gasteiger partial charge on any atom is -0.508 e. The number of Topliss-reactive ketones (excluding diaryl/α,β-unsaturated/α-hetero) is 1. The molecular formula is C16H21NO3. The molecule has 1 aromatic rings. The topological polar surface area (TPSA) is 57.6 Å². The van der Waals surface area contributed by atoms with Crippen molar-refractivity contribution in [2.45, 2.75) is 45.1 Å². The number of phenols is 1. The van der Waals surface area contributed by atoms with Gasteiger partial charge in [-0.25, -0.2) is 0 Å². The molecule has 0 aromatic heterocycles. The van der Waals surface area contributed by atoms with Gasteiger partial charge in [0, 0.05) is 19.0 Å². The van der Waals surface area contributed by atoms with E-state index in [9.17, 15) is 14.7 Å². The summed E-state index contributed by atoms with van der Waals surface area (Å²) in [6.45, 7) is 6.16. The molecule has 4 nitrogen and oxygen atoms in total. The summed E-state index contributed by atoms with van der Waals surface area (Å²) < 4.78 is 0. The zero-order valence-corrected chi connectivity index (χ0v) is 12.2. The number of phenolic OH excluding ortho intramolecular Hbond substituents is 1. The maximum absolute atomic E-state index is 12.8. The van der Waals surface area contributed by atoms with Crippen LogP contribution in [0.1, 0.15) is 39.2 Å². The first-order valence-corrected chi connectivity index (χ1v) is 6.97. The van der Waals surface area contributed by atoms with E-state index in [4.69, 9.17) is 0 Å². The van der Waals surface area contributed by atoms with Gasteiger partial charge in [-0.3, -0.25) is 9.59 Å². The second-order valence-corrected chi connectivity index (χ2v) is 5.85. The van der Waals surface area contributed by atoms with Crippen LogP contribution >= 0.6 is 0 Å². The van der Waals surface area contributed by atoms with Crippen LogP contribution in [0.2, 0.25) is 0 Å². The van der Waals surface area contributed by atoms with Gasteiger partial charge in [0.25, 0.3) is 0 Å². The maximum Gasteiger partial charge on any atom is 0.233 e. The van der Waals surface area contributed by atoms with Crippen LogP contribution in [0.3, 0.4) is 0 Å². The fourth-order valence-electron chi connectivity index (χ4n) is 3.03. The highest BCUT2D eigenvalue weighted by atomic mass is 16.3. The van der Waals surface area contributed by atoms with Crippen molar-refractivity contribution in [3.8, 4) is 5.75 Å². The van der Waals surface area contributed by atoms with Crippen LogP contribution in [0.25, 0.3) is 0 Å². The number of likely N-dealkylation sites (tertiary alicyclic amines) is 1. The first-order chi connectivity index (χ1) is 9.36. The van der Waals surface area contributed by atoms with E-state index < -0.39 is 5.41 Å². The van der Waals surface area contributed by atoms with Gasteiger partial charge in [-0.05, 0) is 44.9 Å². The number of aromatic hydroxyl groups is 1. The highest BCUT2D eigenvalue weighted by Gasteiger charge is 2.49. The summed E-state index contributed by atoms with van der Waals surface area (Å²) in [5.74, 6) is 0.198. The summed E-state index contributed by atoms with van der Waals surface area (Å²) in [5, 5.41) is 9.41. The number of carbonyl (C=O) groups excluding carboxylic acids is 2. The lowest BCUT2D eigenvalue weighted by Gasteiger charge is -2.29. The lowest BCUT2D eigenvalue weighted by molar-refractivity contribution is -0.136. The van der Waals surface area contributed by atoms with Crippen molar-refractivity contribution in [1.82, 2.24) is 4.90 Å². The minimum absolute atomic E-state index is 0.0111. The second-order valence-electron chi connectivity index (χ2n) is 5.85. The molecule has 1 heterocycles. The highest BCUT2D eigenvalue weighted by Crippen LogP contribution is 2.40. The number of hydrogen-bond acceptors (Lipinski definition) is 3. The maximum atomic E-state index is 12.8. The van der Waals surface area contributed by atoms with Crippen molar-refractivity contribution < 1.29 is 14.7 Å². The van der Waals surface area contributed by atoms with Gasteiger partial charge in [-0.15, -0.1) is 0 Å². The number of rotatable bonds is 4. The molecule has 1 saturated heterocycles. The quantitative estimate of drug-likeness (QED) is 0.917. The molecule has 0 aliphatic carbocycles. The van der Waals surface area contributed by atoms with Crippen molar-refractivity contribution in [2.75, 3.05) is 6.54 Å². The molecule has 1 unspecified atom stereocenters. The molecule has 0 radical (unpaired) electrons. The predicted molar refractivity (Wildman–Crippen MR) is 76.5 cm³/mol. The Balaban J connectivity index is 2.44. The standard InChI is InChI=1S/C16H21NO3/c1-11(2)17-9-8-16(15(17)20,10-12(3)18)13-4-6-14(19)7-5-13/h4-7,11,19H,8-10H2,1-3H3. The molecular weight excluding hydrogens is 254 g/mol. The van der Waals surface area contributed by atoms with Crippen molar-refractivity contribution in [3.63, 3.8) is 0 Å². The molecule has 1 N–H and O–H groups in total.